The molecule has 2 N–H and O–H groups in total. The van der Waals surface area contributed by atoms with E-state index >= 15 is 0 Å². The number of carbonyl (C=O) groups excluding carboxylic acids is 1. The number of benzene rings is 1. The van der Waals surface area contributed by atoms with E-state index in [1.54, 1.807) is 12.1 Å². The van der Waals surface area contributed by atoms with Gasteiger partial charge in [-0.3, -0.25) is 9.78 Å². The minimum atomic E-state index is -0.329. The molecule has 3 aromatic rings. The number of aromatic hydroxyl groups is 1. The van der Waals surface area contributed by atoms with Gasteiger partial charge < -0.3 is 14.9 Å². The molecule has 0 bridgehead atoms. The Hall–Kier alpha value is -3.29. The second-order valence-corrected chi connectivity index (χ2v) is 5.31. The van der Waals surface area contributed by atoms with Gasteiger partial charge in [-0.15, -0.1) is 0 Å². The Kier molecular flexibility index (Phi) is 4.98. The standard InChI is InChI=1S/C17H15FN4O3/c18-13-5-3-11(4-6-13)16-21-15(25-22-16)2-1-7-20-17(24)12-8-14(23)10-19-9-12/h3-6,8-10,23H,1-2,7H2,(H,20,24). The largest absolute Gasteiger partial charge is 0.506 e. The van der Waals surface area contributed by atoms with Crippen molar-refractivity contribution in [2.45, 2.75) is 12.8 Å². The highest BCUT2D eigenvalue weighted by Crippen LogP contribution is 2.16. The van der Waals surface area contributed by atoms with Crippen LogP contribution in [0.15, 0.2) is 47.2 Å². The first-order chi connectivity index (χ1) is 12.1. The monoisotopic (exact) mass is 342 g/mol. The van der Waals surface area contributed by atoms with Crippen molar-refractivity contribution in [3.05, 3.63) is 60.0 Å². The number of carbonyl (C=O) groups is 1. The topological polar surface area (TPSA) is 101 Å². The summed E-state index contributed by atoms with van der Waals surface area (Å²) < 4.78 is 18.1. The summed E-state index contributed by atoms with van der Waals surface area (Å²) in [6.45, 7) is 0.406. The molecular formula is C17H15FN4O3. The summed E-state index contributed by atoms with van der Waals surface area (Å²) in [5.41, 5.74) is 0.956. The Bertz CT molecular complexity index is 864. The van der Waals surface area contributed by atoms with Crippen LogP contribution in [0.25, 0.3) is 11.4 Å². The second-order valence-electron chi connectivity index (χ2n) is 5.31. The van der Waals surface area contributed by atoms with Crippen molar-refractivity contribution in [3.8, 4) is 17.1 Å². The van der Waals surface area contributed by atoms with Gasteiger partial charge in [-0.25, -0.2) is 4.39 Å². The van der Waals surface area contributed by atoms with Gasteiger partial charge in [0.25, 0.3) is 5.91 Å². The number of nitrogens with zero attached hydrogens (tertiary/aromatic N) is 3. The fraction of sp³-hybridized carbons (Fsp3) is 0.176. The van der Waals surface area contributed by atoms with Crippen LogP contribution in [-0.4, -0.2) is 32.7 Å². The molecule has 1 amide bonds. The van der Waals surface area contributed by atoms with Crippen molar-refractivity contribution >= 4 is 5.91 Å². The maximum atomic E-state index is 12.9. The number of halogens is 1. The molecule has 0 aliphatic carbocycles. The molecule has 0 atom stereocenters. The molecule has 1 aromatic carbocycles. The number of hydrogen-bond donors (Lipinski definition) is 2. The molecule has 128 valence electrons. The Morgan fingerprint density at radius 3 is 2.80 bits per heavy atom. The van der Waals surface area contributed by atoms with Crippen LogP contribution in [0.3, 0.4) is 0 Å². The van der Waals surface area contributed by atoms with Crippen molar-refractivity contribution in [2.75, 3.05) is 6.54 Å². The van der Waals surface area contributed by atoms with E-state index in [1.165, 1.54) is 30.6 Å². The minimum Gasteiger partial charge on any atom is -0.506 e. The molecule has 0 radical (unpaired) electrons. The van der Waals surface area contributed by atoms with Gasteiger partial charge in [-0.1, -0.05) is 5.16 Å². The van der Waals surface area contributed by atoms with Gasteiger partial charge in [0, 0.05) is 24.7 Å². The molecule has 0 aliphatic rings. The molecule has 7 nitrogen and oxygen atoms in total. The van der Waals surface area contributed by atoms with Gasteiger partial charge >= 0.3 is 0 Å². The van der Waals surface area contributed by atoms with Crippen molar-refractivity contribution in [1.82, 2.24) is 20.4 Å². The highest BCUT2D eigenvalue weighted by Gasteiger charge is 2.10. The first-order valence-corrected chi connectivity index (χ1v) is 7.62. The molecule has 3 rings (SSSR count). The highest BCUT2D eigenvalue weighted by atomic mass is 19.1. The number of pyridine rings is 1. The van der Waals surface area contributed by atoms with Crippen LogP contribution >= 0.6 is 0 Å². The lowest BCUT2D eigenvalue weighted by Crippen LogP contribution is -2.24. The number of aryl methyl sites for hydroxylation is 1. The van der Waals surface area contributed by atoms with E-state index in [-0.39, 0.29) is 23.0 Å². The first kappa shape index (κ1) is 16.6. The van der Waals surface area contributed by atoms with E-state index in [1.807, 2.05) is 0 Å². The van der Waals surface area contributed by atoms with E-state index < -0.39 is 0 Å². The second kappa shape index (κ2) is 7.52. The summed E-state index contributed by atoms with van der Waals surface area (Å²) in [5, 5.41) is 15.9. The van der Waals surface area contributed by atoms with Crippen molar-refractivity contribution in [1.29, 1.82) is 0 Å². The zero-order valence-corrected chi connectivity index (χ0v) is 13.1. The molecular weight excluding hydrogens is 327 g/mol. The molecule has 2 heterocycles. The summed E-state index contributed by atoms with van der Waals surface area (Å²) >= 11 is 0. The Morgan fingerprint density at radius 2 is 2.04 bits per heavy atom. The predicted octanol–water partition coefficient (Wildman–Crippen LogP) is 2.34. The van der Waals surface area contributed by atoms with Crippen LogP contribution in [0.5, 0.6) is 5.75 Å². The van der Waals surface area contributed by atoms with Crippen molar-refractivity contribution in [2.24, 2.45) is 0 Å². The average molecular weight is 342 g/mol. The number of hydrogen-bond acceptors (Lipinski definition) is 6. The fourth-order valence-electron chi connectivity index (χ4n) is 2.17. The van der Waals surface area contributed by atoms with E-state index in [0.29, 0.717) is 36.7 Å². The van der Waals surface area contributed by atoms with E-state index in [4.69, 9.17) is 4.52 Å². The summed E-state index contributed by atoms with van der Waals surface area (Å²) in [6.07, 6.45) is 3.73. The molecule has 0 aliphatic heterocycles. The molecule has 2 aromatic heterocycles. The maximum Gasteiger partial charge on any atom is 0.252 e. The average Bonchev–Trinajstić information content (AvgIpc) is 3.08. The molecule has 0 fully saturated rings. The number of aromatic nitrogens is 3. The van der Waals surface area contributed by atoms with Gasteiger partial charge in [-0.05, 0) is 36.8 Å². The van der Waals surface area contributed by atoms with Gasteiger partial charge in [0.15, 0.2) is 0 Å². The molecule has 0 saturated carbocycles. The molecule has 25 heavy (non-hydrogen) atoms. The Labute approximate surface area is 142 Å². The summed E-state index contributed by atoms with van der Waals surface area (Å²) in [4.78, 5) is 19.9. The summed E-state index contributed by atoms with van der Waals surface area (Å²) in [6, 6.07) is 7.16. The van der Waals surface area contributed by atoms with Crippen LogP contribution in [-0.2, 0) is 6.42 Å². The van der Waals surface area contributed by atoms with E-state index in [2.05, 4.69) is 20.4 Å². The third-order valence-corrected chi connectivity index (χ3v) is 3.41. The Balaban J connectivity index is 1.48. The summed E-state index contributed by atoms with van der Waals surface area (Å²) in [7, 11) is 0. The van der Waals surface area contributed by atoms with Gasteiger partial charge in [0.05, 0.1) is 11.8 Å². The van der Waals surface area contributed by atoms with Crippen LogP contribution in [0, 0.1) is 5.82 Å². The molecule has 0 spiro atoms. The number of nitrogens with one attached hydrogen (secondary N) is 1. The molecule has 8 heteroatoms. The number of rotatable bonds is 6. The lowest BCUT2D eigenvalue weighted by molar-refractivity contribution is 0.0952. The lowest BCUT2D eigenvalue weighted by atomic mass is 10.2. The minimum absolute atomic E-state index is 0.0631. The smallest absolute Gasteiger partial charge is 0.252 e. The van der Waals surface area contributed by atoms with Crippen LogP contribution in [0.1, 0.15) is 22.7 Å². The predicted molar refractivity (Wildman–Crippen MR) is 86.2 cm³/mol. The Morgan fingerprint density at radius 1 is 1.24 bits per heavy atom. The van der Waals surface area contributed by atoms with Gasteiger partial charge in [0.2, 0.25) is 11.7 Å². The first-order valence-electron chi connectivity index (χ1n) is 7.62. The van der Waals surface area contributed by atoms with E-state index in [0.717, 1.165) is 0 Å². The third-order valence-electron chi connectivity index (χ3n) is 3.41. The van der Waals surface area contributed by atoms with Crippen LogP contribution in [0.4, 0.5) is 4.39 Å². The molecule has 0 saturated heterocycles. The zero-order valence-electron chi connectivity index (χ0n) is 13.1. The normalized spacial score (nSPS) is 10.6. The SMILES string of the molecule is O=C(NCCCc1nc(-c2ccc(F)cc2)no1)c1cncc(O)c1. The quantitative estimate of drug-likeness (QED) is 0.667. The van der Waals surface area contributed by atoms with Gasteiger partial charge in [-0.2, -0.15) is 4.98 Å². The highest BCUT2D eigenvalue weighted by molar-refractivity contribution is 5.94. The lowest BCUT2D eigenvalue weighted by Gasteiger charge is -2.03. The van der Waals surface area contributed by atoms with Crippen LogP contribution in [0.2, 0.25) is 0 Å². The van der Waals surface area contributed by atoms with Crippen molar-refractivity contribution < 1.29 is 18.8 Å². The van der Waals surface area contributed by atoms with Crippen molar-refractivity contribution in [3.63, 3.8) is 0 Å². The maximum absolute atomic E-state index is 12.9. The van der Waals surface area contributed by atoms with Gasteiger partial charge in [0.1, 0.15) is 11.6 Å². The van der Waals surface area contributed by atoms with E-state index in [9.17, 15) is 14.3 Å². The summed E-state index contributed by atoms with van der Waals surface area (Å²) in [5.74, 6) is 0.121. The fourth-order valence-corrected chi connectivity index (χ4v) is 2.17. The molecule has 0 unspecified atom stereocenters. The number of amides is 1. The van der Waals surface area contributed by atoms with Crippen LogP contribution < -0.4 is 5.32 Å². The third kappa shape index (κ3) is 4.37. The zero-order chi connectivity index (χ0) is 17.6.